The molecule has 0 aliphatic carbocycles. The zero-order chi connectivity index (χ0) is 12.6. The molecule has 3 aliphatic rings. The van der Waals surface area contributed by atoms with Crippen molar-refractivity contribution in [3.63, 3.8) is 0 Å². The molecule has 3 fully saturated rings. The van der Waals surface area contributed by atoms with E-state index in [-0.39, 0.29) is 6.03 Å². The molecule has 0 radical (unpaired) electrons. The van der Waals surface area contributed by atoms with Gasteiger partial charge in [0.2, 0.25) is 0 Å². The second-order valence-electron chi connectivity index (χ2n) is 5.51. The van der Waals surface area contributed by atoms with Crippen molar-refractivity contribution in [1.82, 2.24) is 5.16 Å². The molecule has 1 N–H and O–H groups in total. The van der Waals surface area contributed by atoms with Crippen LogP contribution >= 0.6 is 0 Å². The maximum Gasteiger partial charge on any atom is 0.422 e. The van der Waals surface area contributed by atoms with Gasteiger partial charge < -0.3 is 4.52 Å². The van der Waals surface area contributed by atoms with E-state index < -0.39 is 0 Å². The molecule has 0 spiro atoms. The maximum atomic E-state index is 12.4. The number of anilines is 1. The number of fused-ring (bicyclic) bond motifs is 3. The van der Waals surface area contributed by atoms with Gasteiger partial charge in [0.15, 0.2) is 5.82 Å². The van der Waals surface area contributed by atoms with Crippen molar-refractivity contribution < 1.29 is 13.8 Å². The van der Waals surface area contributed by atoms with Gasteiger partial charge in [0.25, 0.3) is 0 Å². The van der Waals surface area contributed by atoms with Crippen LogP contribution in [-0.4, -0.2) is 35.3 Å². The number of amides is 2. The van der Waals surface area contributed by atoms with E-state index in [1.54, 1.807) is 0 Å². The number of hydrogen-bond donors (Lipinski definition) is 1. The molecule has 0 aromatic carbocycles. The molecule has 1 aromatic rings. The summed E-state index contributed by atoms with van der Waals surface area (Å²) in [6, 6.07) is 1.90. The summed E-state index contributed by atoms with van der Waals surface area (Å²) in [5, 5.41) is 6.79. The highest BCUT2D eigenvalue weighted by atomic mass is 16.5. The predicted octanol–water partition coefficient (Wildman–Crippen LogP) is 2.40. The van der Waals surface area contributed by atoms with Gasteiger partial charge in [-0.25, -0.2) is 9.28 Å². The zero-order valence-electron chi connectivity index (χ0n) is 10.8. The maximum absolute atomic E-state index is 12.4. The summed E-state index contributed by atoms with van der Waals surface area (Å²) < 4.78 is 5.69. The Bertz CT molecular complexity index is 433. The van der Waals surface area contributed by atoms with E-state index in [0.717, 1.165) is 37.7 Å². The quantitative estimate of drug-likeness (QED) is 0.820. The van der Waals surface area contributed by atoms with Crippen molar-refractivity contribution in [2.24, 2.45) is 5.92 Å². The van der Waals surface area contributed by atoms with E-state index in [0.29, 0.717) is 10.3 Å². The number of nitrogens with zero attached hydrogens (tertiary/aromatic N) is 2. The van der Waals surface area contributed by atoms with Crippen molar-refractivity contribution in [3.05, 3.63) is 11.8 Å². The number of quaternary nitrogens is 1. The van der Waals surface area contributed by atoms with Gasteiger partial charge in [-0.1, -0.05) is 12.1 Å². The van der Waals surface area contributed by atoms with E-state index in [1.807, 2.05) is 13.0 Å². The SMILES string of the molecule is CCc1cc(NC(=O)[N+]23CCC(CC2)CC3)no1. The van der Waals surface area contributed by atoms with Crippen molar-refractivity contribution >= 4 is 11.8 Å². The van der Waals surface area contributed by atoms with Gasteiger partial charge >= 0.3 is 6.03 Å². The zero-order valence-corrected chi connectivity index (χ0v) is 10.8. The number of carbonyl (C=O) groups excluding carboxylic acids is 1. The van der Waals surface area contributed by atoms with E-state index in [4.69, 9.17) is 4.52 Å². The standard InChI is InChI=1S/C13H19N3O2/c1-2-11-9-12(15-18-11)14-13(17)16-6-3-10(4-7-16)5-8-16/h9-10H,2-8H2,1H3/p+1. The third-order valence-electron chi connectivity index (χ3n) is 4.47. The Hall–Kier alpha value is -1.36. The summed E-state index contributed by atoms with van der Waals surface area (Å²) in [5.41, 5.74) is 0. The van der Waals surface area contributed by atoms with Crippen molar-refractivity contribution in [1.29, 1.82) is 0 Å². The highest BCUT2D eigenvalue weighted by molar-refractivity contribution is 5.83. The molecule has 0 atom stereocenters. The Morgan fingerprint density at radius 1 is 1.44 bits per heavy atom. The van der Waals surface area contributed by atoms with Crippen LogP contribution < -0.4 is 5.32 Å². The van der Waals surface area contributed by atoms with Gasteiger partial charge in [-0.2, -0.15) is 0 Å². The summed E-state index contributed by atoms with van der Waals surface area (Å²) >= 11 is 0. The molecule has 98 valence electrons. The fourth-order valence-corrected chi connectivity index (χ4v) is 3.13. The minimum atomic E-state index is 0.0871. The summed E-state index contributed by atoms with van der Waals surface area (Å²) in [5.74, 6) is 2.22. The van der Waals surface area contributed by atoms with E-state index in [9.17, 15) is 4.79 Å². The molecule has 5 heteroatoms. The fraction of sp³-hybridized carbons (Fsp3) is 0.692. The number of piperidine rings is 3. The van der Waals surface area contributed by atoms with E-state index >= 15 is 0 Å². The Kier molecular flexibility index (Phi) is 2.86. The van der Waals surface area contributed by atoms with E-state index in [1.165, 1.54) is 19.3 Å². The molecule has 18 heavy (non-hydrogen) atoms. The monoisotopic (exact) mass is 250 g/mol. The van der Waals surface area contributed by atoms with Gasteiger partial charge in [0.1, 0.15) is 5.76 Å². The lowest BCUT2D eigenvalue weighted by atomic mass is 9.86. The Morgan fingerprint density at radius 2 is 2.11 bits per heavy atom. The highest BCUT2D eigenvalue weighted by Gasteiger charge is 2.45. The first-order valence-corrected chi connectivity index (χ1v) is 6.85. The average Bonchev–Trinajstić information content (AvgIpc) is 2.88. The van der Waals surface area contributed by atoms with Crippen LogP contribution in [0.5, 0.6) is 0 Å². The average molecular weight is 250 g/mol. The first-order chi connectivity index (χ1) is 8.72. The smallest absolute Gasteiger partial charge is 0.359 e. The number of urea groups is 1. The minimum Gasteiger partial charge on any atom is -0.359 e. The summed E-state index contributed by atoms with van der Waals surface area (Å²) in [6.45, 7) is 4.95. The number of carbonyl (C=O) groups is 1. The number of hydrogen-bond acceptors (Lipinski definition) is 3. The van der Waals surface area contributed by atoms with Crippen molar-refractivity contribution in [2.75, 3.05) is 25.0 Å². The van der Waals surface area contributed by atoms with Crippen LogP contribution in [0, 0.1) is 5.92 Å². The molecule has 3 aliphatic heterocycles. The minimum absolute atomic E-state index is 0.0871. The number of nitrogens with one attached hydrogen (secondary N) is 1. The number of rotatable bonds is 2. The van der Waals surface area contributed by atoms with Crippen LogP contribution in [0.2, 0.25) is 0 Å². The van der Waals surface area contributed by atoms with Crippen LogP contribution in [0.1, 0.15) is 31.9 Å². The van der Waals surface area contributed by atoms with Crippen LogP contribution in [0.3, 0.4) is 0 Å². The Labute approximate surface area is 107 Å². The molecular weight excluding hydrogens is 230 g/mol. The third kappa shape index (κ3) is 1.92. The van der Waals surface area contributed by atoms with E-state index in [2.05, 4.69) is 10.5 Å². The van der Waals surface area contributed by atoms with Crippen LogP contribution in [-0.2, 0) is 6.42 Å². The predicted molar refractivity (Wildman–Crippen MR) is 67.1 cm³/mol. The van der Waals surface area contributed by atoms with Crippen LogP contribution in [0.15, 0.2) is 10.6 Å². The molecule has 0 saturated carbocycles. The highest BCUT2D eigenvalue weighted by Crippen LogP contribution is 2.34. The fourth-order valence-electron chi connectivity index (χ4n) is 3.13. The largest absolute Gasteiger partial charge is 0.422 e. The molecule has 2 amide bonds. The number of aryl methyl sites for hydroxylation is 1. The van der Waals surface area contributed by atoms with Gasteiger partial charge in [-0.05, 0) is 5.92 Å². The first-order valence-electron chi connectivity index (χ1n) is 6.85. The summed E-state index contributed by atoms with van der Waals surface area (Å²) in [4.78, 5) is 12.4. The van der Waals surface area contributed by atoms with Gasteiger partial charge in [0, 0.05) is 31.7 Å². The second kappa shape index (κ2) is 4.39. The molecule has 4 heterocycles. The van der Waals surface area contributed by atoms with Crippen molar-refractivity contribution in [2.45, 2.75) is 32.6 Å². The molecule has 5 nitrogen and oxygen atoms in total. The normalized spacial score (nSPS) is 30.4. The van der Waals surface area contributed by atoms with Crippen LogP contribution in [0.25, 0.3) is 0 Å². The lowest BCUT2D eigenvalue weighted by Crippen LogP contribution is -2.62. The van der Waals surface area contributed by atoms with Crippen molar-refractivity contribution in [3.8, 4) is 0 Å². The van der Waals surface area contributed by atoms with Gasteiger partial charge in [0.05, 0.1) is 19.6 Å². The van der Waals surface area contributed by atoms with Gasteiger partial charge in [-0.3, -0.25) is 5.32 Å². The topological polar surface area (TPSA) is 55.1 Å². The first kappa shape index (κ1) is 11.7. The van der Waals surface area contributed by atoms with Crippen LogP contribution in [0.4, 0.5) is 10.6 Å². The molecule has 2 bridgehead atoms. The van der Waals surface area contributed by atoms with Gasteiger partial charge in [-0.15, -0.1) is 0 Å². The molecule has 3 saturated heterocycles. The third-order valence-corrected chi connectivity index (χ3v) is 4.47. The number of aromatic nitrogens is 1. The summed E-state index contributed by atoms with van der Waals surface area (Å²) in [7, 11) is 0. The lowest BCUT2D eigenvalue weighted by Gasteiger charge is -2.46. The molecule has 0 unspecified atom stereocenters. The Balaban J connectivity index is 1.70. The Morgan fingerprint density at radius 3 is 2.67 bits per heavy atom. The summed E-state index contributed by atoms with van der Waals surface area (Å²) in [6.07, 6.45) is 4.36. The molecule has 1 aromatic heterocycles. The molecule has 4 rings (SSSR count). The lowest BCUT2D eigenvalue weighted by molar-refractivity contribution is -0.865. The molecular formula is C13H20N3O2+. The second-order valence-corrected chi connectivity index (χ2v) is 5.51.